The summed E-state index contributed by atoms with van der Waals surface area (Å²) in [7, 11) is 2.54. The van der Waals surface area contributed by atoms with Crippen molar-refractivity contribution in [3.05, 3.63) is 35.1 Å². The number of hydrogen-bond donors (Lipinski definition) is 0. The van der Waals surface area contributed by atoms with Gasteiger partial charge in [-0.15, -0.1) is 0 Å². The van der Waals surface area contributed by atoms with E-state index in [1.54, 1.807) is 11.5 Å². The number of carbonyl (C=O) groups excluding carboxylic acids is 1. The van der Waals surface area contributed by atoms with Gasteiger partial charge in [-0.3, -0.25) is 0 Å². The molecule has 0 aromatic carbocycles. The molecule has 19 heavy (non-hydrogen) atoms. The second-order valence-corrected chi connectivity index (χ2v) is 4.53. The minimum atomic E-state index is -0.593. The van der Waals surface area contributed by atoms with E-state index in [0.717, 1.165) is 0 Å². The normalized spacial score (nSPS) is 20.3. The average Bonchev–Trinajstić information content (AvgIpc) is 2.61. The van der Waals surface area contributed by atoms with Crippen molar-refractivity contribution in [3.63, 3.8) is 0 Å². The largest absolute Gasteiger partial charge is 0.616 e. The molecule has 0 N–H and O–H groups in total. The van der Waals surface area contributed by atoms with Crippen LogP contribution in [0.4, 0.5) is 0 Å². The zero-order valence-electron chi connectivity index (χ0n) is 11.9. The SMILES string of the molecule is C=C1/C(=C(\[O-])OC)C(C(=O)OC)=C(C)[N+]1=CC(C)C. The number of allylic oxidation sites excluding steroid dienone is 2. The third-order valence-electron chi connectivity index (χ3n) is 2.78. The topological polar surface area (TPSA) is 61.6 Å². The fraction of sp³-hybridized carbons (Fsp3) is 0.429. The number of carbonyl (C=O) groups is 1. The summed E-state index contributed by atoms with van der Waals surface area (Å²) < 4.78 is 11.2. The third-order valence-corrected chi connectivity index (χ3v) is 2.78. The quantitative estimate of drug-likeness (QED) is 0.432. The number of nitrogens with zero attached hydrogens (tertiary/aromatic N) is 1. The highest BCUT2D eigenvalue weighted by molar-refractivity contribution is 5.96. The summed E-state index contributed by atoms with van der Waals surface area (Å²) in [6.07, 6.45) is 1.89. The fourth-order valence-electron chi connectivity index (χ4n) is 1.94. The molecule has 0 unspecified atom stereocenters. The highest BCUT2D eigenvalue weighted by atomic mass is 16.6. The lowest BCUT2D eigenvalue weighted by Gasteiger charge is -2.12. The molecule has 1 rings (SSSR count). The first-order valence-corrected chi connectivity index (χ1v) is 5.93. The molecule has 0 fully saturated rings. The molecule has 5 heteroatoms. The van der Waals surface area contributed by atoms with Crippen molar-refractivity contribution < 1.29 is 24.0 Å². The highest BCUT2D eigenvalue weighted by Crippen LogP contribution is 2.34. The van der Waals surface area contributed by atoms with Crippen molar-refractivity contribution in [2.45, 2.75) is 20.8 Å². The molecule has 1 heterocycles. The van der Waals surface area contributed by atoms with Gasteiger partial charge in [0.1, 0.15) is 5.57 Å². The Morgan fingerprint density at radius 3 is 2.37 bits per heavy atom. The maximum atomic E-state index is 11.8. The maximum absolute atomic E-state index is 11.8. The van der Waals surface area contributed by atoms with Gasteiger partial charge in [-0.2, -0.15) is 4.58 Å². The van der Waals surface area contributed by atoms with E-state index >= 15 is 0 Å². The van der Waals surface area contributed by atoms with Crippen molar-refractivity contribution in [2.24, 2.45) is 5.92 Å². The van der Waals surface area contributed by atoms with E-state index in [0.29, 0.717) is 11.4 Å². The summed E-state index contributed by atoms with van der Waals surface area (Å²) >= 11 is 0. The molecular weight excluding hydrogens is 246 g/mol. The number of hydrogen-bond acceptors (Lipinski definition) is 4. The third kappa shape index (κ3) is 2.70. The molecule has 1 aliphatic heterocycles. The lowest BCUT2D eigenvalue weighted by molar-refractivity contribution is -0.410. The standard InChI is InChI=1S/C14H19NO4/c1-8(2)7-15-9(3)11(13(16)18-5)12(10(15)4)14(17)19-6/h7-8H,3H2,1-2,4-6H3/b13-11-,15-7?. The second kappa shape index (κ2) is 5.73. The lowest BCUT2D eigenvalue weighted by Crippen LogP contribution is -2.15. The summed E-state index contributed by atoms with van der Waals surface area (Å²) in [4.78, 5) is 11.8. The van der Waals surface area contributed by atoms with Gasteiger partial charge in [-0.25, -0.2) is 4.79 Å². The minimum absolute atomic E-state index is 0.156. The molecule has 0 radical (unpaired) electrons. The number of ether oxygens (including phenoxy) is 2. The van der Waals surface area contributed by atoms with Crippen LogP contribution < -0.4 is 5.11 Å². The van der Waals surface area contributed by atoms with E-state index < -0.39 is 11.9 Å². The lowest BCUT2D eigenvalue weighted by atomic mass is 10.1. The van der Waals surface area contributed by atoms with Gasteiger partial charge in [0.2, 0.25) is 5.70 Å². The minimum Gasteiger partial charge on any atom is -0.616 e. The molecule has 0 aliphatic carbocycles. The molecule has 0 saturated carbocycles. The second-order valence-electron chi connectivity index (χ2n) is 4.53. The van der Waals surface area contributed by atoms with Crippen molar-refractivity contribution >= 4 is 12.2 Å². The Morgan fingerprint density at radius 2 is 1.95 bits per heavy atom. The number of methoxy groups -OCH3 is 2. The molecule has 0 saturated heterocycles. The van der Waals surface area contributed by atoms with Crippen LogP contribution in [-0.4, -0.2) is 31.0 Å². The monoisotopic (exact) mass is 265 g/mol. The number of esters is 1. The van der Waals surface area contributed by atoms with Crippen molar-refractivity contribution in [1.82, 2.24) is 0 Å². The molecule has 0 aromatic rings. The maximum Gasteiger partial charge on any atom is 0.345 e. The van der Waals surface area contributed by atoms with E-state index in [-0.39, 0.29) is 17.1 Å². The van der Waals surface area contributed by atoms with Crippen LogP contribution >= 0.6 is 0 Å². The first kappa shape index (κ1) is 15.0. The van der Waals surface area contributed by atoms with Gasteiger partial charge >= 0.3 is 5.97 Å². The van der Waals surface area contributed by atoms with Crippen LogP contribution in [0.5, 0.6) is 0 Å². The molecular formula is C14H19NO4. The first-order chi connectivity index (χ1) is 8.84. The van der Waals surface area contributed by atoms with E-state index in [1.165, 1.54) is 14.2 Å². The predicted octanol–water partition coefficient (Wildman–Crippen LogP) is 0.918. The zero-order chi connectivity index (χ0) is 14.7. The fourth-order valence-corrected chi connectivity index (χ4v) is 1.94. The summed E-state index contributed by atoms with van der Waals surface area (Å²) in [5, 5.41) is 11.8. The number of rotatable bonds is 3. The highest BCUT2D eigenvalue weighted by Gasteiger charge is 2.39. The molecule has 5 nitrogen and oxygen atoms in total. The van der Waals surface area contributed by atoms with Crippen molar-refractivity contribution in [1.29, 1.82) is 0 Å². The Balaban J connectivity index is 3.53. The predicted molar refractivity (Wildman–Crippen MR) is 69.1 cm³/mol. The summed E-state index contributed by atoms with van der Waals surface area (Å²) in [6, 6.07) is 0. The van der Waals surface area contributed by atoms with Crippen LogP contribution in [-0.2, 0) is 14.3 Å². The molecule has 0 spiro atoms. The van der Waals surface area contributed by atoms with Crippen molar-refractivity contribution in [3.8, 4) is 0 Å². The molecule has 104 valence electrons. The van der Waals surface area contributed by atoms with Gasteiger partial charge in [0.15, 0.2) is 11.9 Å². The van der Waals surface area contributed by atoms with Crippen LogP contribution in [0.1, 0.15) is 20.8 Å². The van der Waals surface area contributed by atoms with E-state index in [9.17, 15) is 9.90 Å². The van der Waals surface area contributed by atoms with Crippen LogP contribution in [0.2, 0.25) is 0 Å². The molecule has 0 bridgehead atoms. The Bertz CT molecular complexity index is 510. The molecule has 1 aliphatic rings. The Kier molecular flexibility index (Phi) is 4.53. The van der Waals surface area contributed by atoms with Crippen LogP contribution in [0.15, 0.2) is 35.1 Å². The van der Waals surface area contributed by atoms with Gasteiger partial charge in [-0.1, -0.05) is 13.8 Å². The van der Waals surface area contributed by atoms with Gasteiger partial charge in [-0.05, 0) is 13.7 Å². The van der Waals surface area contributed by atoms with E-state index in [4.69, 9.17) is 9.47 Å². The molecule has 0 amide bonds. The average molecular weight is 265 g/mol. The zero-order valence-corrected chi connectivity index (χ0v) is 11.9. The van der Waals surface area contributed by atoms with Gasteiger partial charge < -0.3 is 14.6 Å². The van der Waals surface area contributed by atoms with Gasteiger partial charge in [0.25, 0.3) is 0 Å². The van der Waals surface area contributed by atoms with Crippen LogP contribution in [0.3, 0.4) is 0 Å². The molecule has 0 aromatic heterocycles. The van der Waals surface area contributed by atoms with E-state index in [2.05, 4.69) is 6.58 Å². The summed E-state index contributed by atoms with van der Waals surface area (Å²) in [5.74, 6) is -0.925. The Hall–Kier alpha value is -2.04. The van der Waals surface area contributed by atoms with Crippen molar-refractivity contribution in [2.75, 3.05) is 14.2 Å². The van der Waals surface area contributed by atoms with Crippen LogP contribution in [0.25, 0.3) is 0 Å². The van der Waals surface area contributed by atoms with Gasteiger partial charge in [0, 0.05) is 12.8 Å². The Labute approximate surface area is 113 Å². The molecule has 0 atom stereocenters. The summed E-state index contributed by atoms with van der Waals surface area (Å²) in [5.41, 5.74) is 1.41. The first-order valence-electron chi connectivity index (χ1n) is 5.93. The smallest absolute Gasteiger partial charge is 0.345 e. The van der Waals surface area contributed by atoms with Gasteiger partial charge in [0.05, 0.1) is 18.6 Å². The Morgan fingerprint density at radius 1 is 1.37 bits per heavy atom. The van der Waals surface area contributed by atoms with Crippen LogP contribution in [0, 0.1) is 5.92 Å². The van der Waals surface area contributed by atoms with E-state index in [1.807, 2.05) is 20.1 Å². The summed E-state index contributed by atoms with van der Waals surface area (Å²) in [6.45, 7) is 9.60.